The Balaban J connectivity index is 1.51. The van der Waals surface area contributed by atoms with Crippen molar-refractivity contribution in [1.29, 1.82) is 0 Å². The van der Waals surface area contributed by atoms with E-state index in [0.29, 0.717) is 6.42 Å². The molecule has 1 amide bonds. The quantitative estimate of drug-likeness (QED) is 0.530. The van der Waals surface area contributed by atoms with Crippen molar-refractivity contribution < 1.29 is 9.53 Å². The molecule has 25 heavy (non-hydrogen) atoms. The maximum absolute atomic E-state index is 12.2. The van der Waals surface area contributed by atoms with Crippen LogP contribution < -0.4 is 21.0 Å². The van der Waals surface area contributed by atoms with Crippen molar-refractivity contribution in [3.63, 3.8) is 0 Å². The summed E-state index contributed by atoms with van der Waals surface area (Å²) in [5.41, 5.74) is 10.8. The van der Waals surface area contributed by atoms with Crippen LogP contribution >= 0.6 is 15.9 Å². The molecule has 1 saturated heterocycles. The molecule has 0 aliphatic carbocycles. The lowest BCUT2D eigenvalue weighted by molar-refractivity contribution is -0.122. The number of hydrogen-bond acceptors (Lipinski definition) is 5. The summed E-state index contributed by atoms with van der Waals surface area (Å²) >= 11 is 3.42. The second-order valence-corrected chi connectivity index (χ2v) is 6.60. The largest absolute Gasteiger partial charge is 0.497 e. The highest BCUT2D eigenvalue weighted by atomic mass is 79.9. The van der Waals surface area contributed by atoms with Crippen LogP contribution in [0.2, 0.25) is 0 Å². The lowest BCUT2D eigenvalue weighted by atomic mass is 10.0. The van der Waals surface area contributed by atoms with Crippen molar-refractivity contribution in [1.82, 2.24) is 16.3 Å². The highest BCUT2D eigenvalue weighted by molar-refractivity contribution is 9.10. The van der Waals surface area contributed by atoms with Crippen molar-refractivity contribution in [3.8, 4) is 5.75 Å². The number of methoxy groups -OCH3 is 1. The van der Waals surface area contributed by atoms with E-state index in [9.17, 15) is 4.79 Å². The Hall–Kier alpha value is -2.22. The van der Waals surface area contributed by atoms with E-state index in [1.165, 1.54) is 0 Å². The molecule has 1 heterocycles. The number of ether oxygens (including phenoxy) is 1. The molecule has 7 heteroatoms. The Labute approximate surface area is 154 Å². The first-order chi connectivity index (χ1) is 12.2. The molecular weight excluding hydrogens is 384 g/mol. The smallest absolute Gasteiger partial charge is 0.258 e. The minimum absolute atomic E-state index is 0.0921. The number of rotatable bonds is 5. The molecule has 3 rings (SSSR count). The fraction of sp³-hybridized carbons (Fsp3) is 0.222. The van der Waals surface area contributed by atoms with E-state index in [1.807, 2.05) is 48.5 Å². The molecule has 6 nitrogen and oxygen atoms in total. The first-order valence-corrected chi connectivity index (χ1v) is 8.68. The predicted molar refractivity (Wildman–Crippen MR) is 100 cm³/mol. The highest BCUT2D eigenvalue weighted by Gasteiger charge is 2.29. The first-order valence-electron chi connectivity index (χ1n) is 7.89. The zero-order chi connectivity index (χ0) is 17.6. The molecule has 0 aromatic heterocycles. The van der Waals surface area contributed by atoms with Gasteiger partial charge in [-0.1, -0.05) is 28.1 Å². The Morgan fingerprint density at radius 1 is 1.20 bits per heavy atom. The van der Waals surface area contributed by atoms with Gasteiger partial charge in [0, 0.05) is 10.5 Å². The number of halogens is 1. The average molecular weight is 403 g/mol. The predicted octanol–water partition coefficient (Wildman–Crippen LogP) is 2.52. The van der Waals surface area contributed by atoms with Crippen molar-refractivity contribution in [2.24, 2.45) is 5.10 Å². The van der Waals surface area contributed by atoms with Crippen LogP contribution in [-0.2, 0) is 4.79 Å². The zero-order valence-electron chi connectivity index (χ0n) is 13.7. The van der Waals surface area contributed by atoms with E-state index in [-0.39, 0.29) is 18.0 Å². The number of nitrogens with zero attached hydrogens (tertiary/aromatic N) is 1. The second kappa shape index (κ2) is 8.24. The average Bonchev–Trinajstić information content (AvgIpc) is 3.13. The van der Waals surface area contributed by atoms with E-state index < -0.39 is 0 Å². The van der Waals surface area contributed by atoms with Crippen LogP contribution in [0.3, 0.4) is 0 Å². The van der Waals surface area contributed by atoms with Gasteiger partial charge in [-0.3, -0.25) is 4.79 Å². The summed E-state index contributed by atoms with van der Waals surface area (Å²) in [6.45, 7) is 0. The van der Waals surface area contributed by atoms with Gasteiger partial charge < -0.3 is 4.74 Å². The number of benzene rings is 2. The molecule has 0 spiro atoms. The minimum atomic E-state index is -0.332. The molecule has 130 valence electrons. The third-order valence-corrected chi connectivity index (χ3v) is 4.52. The third kappa shape index (κ3) is 4.66. The number of carbonyl (C=O) groups excluding carboxylic acids is 1. The van der Waals surface area contributed by atoms with Crippen LogP contribution in [0.5, 0.6) is 5.75 Å². The normalized spacial score (nSPS) is 19.9. The molecule has 2 aromatic carbocycles. The Morgan fingerprint density at radius 3 is 2.60 bits per heavy atom. The van der Waals surface area contributed by atoms with E-state index in [4.69, 9.17) is 4.74 Å². The van der Waals surface area contributed by atoms with Crippen molar-refractivity contribution in [2.45, 2.75) is 18.5 Å². The topological polar surface area (TPSA) is 74.8 Å². The fourth-order valence-electron chi connectivity index (χ4n) is 2.58. The summed E-state index contributed by atoms with van der Waals surface area (Å²) in [7, 11) is 1.62. The maximum Gasteiger partial charge on any atom is 0.258 e. The molecule has 1 aliphatic rings. The molecule has 2 atom stereocenters. The van der Waals surface area contributed by atoms with Gasteiger partial charge in [0.2, 0.25) is 0 Å². The van der Waals surface area contributed by atoms with Crippen LogP contribution in [-0.4, -0.2) is 25.3 Å². The molecule has 1 fully saturated rings. The number of hydrazine groups is 1. The molecule has 1 aliphatic heterocycles. The van der Waals surface area contributed by atoms with Crippen LogP contribution in [0.25, 0.3) is 0 Å². The Kier molecular flexibility index (Phi) is 5.80. The second-order valence-electron chi connectivity index (χ2n) is 5.69. The zero-order valence-corrected chi connectivity index (χ0v) is 15.3. The summed E-state index contributed by atoms with van der Waals surface area (Å²) in [5, 5.41) is 4.01. The van der Waals surface area contributed by atoms with E-state index >= 15 is 0 Å². The van der Waals surface area contributed by atoms with Crippen LogP contribution in [0.1, 0.15) is 23.6 Å². The number of carbonyl (C=O) groups is 1. The first kappa shape index (κ1) is 17.6. The summed E-state index contributed by atoms with van der Waals surface area (Å²) in [4.78, 5) is 12.2. The van der Waals surface area contributed by atoms with Gasteiger partial charge in [-0.05, 0) is 53.9 Å². The standard InChI is InChI=1S/C18H19BrN4O2/c1-25-15-8-2-12(3-9-15)11-20-23-18(24)17-10-16(21-22-17)13-4-6-14(19)7-5-13/h2-9,11,16-17,21-22H,10H2,1H3,(H,23,24)/b20-11+. The summed E-state index contributed by atoms with van der Waals surface area (Å²) in [6.07, 6.45) is 2.26. The molecule has 2 unspecified atom stereocenters. The number of hydrogen-bond donors (Lipinski definition) is 3. The van der Waals surface area contributed by atoms with Gasteiger partial charge in [-0.25, -0.2) is 16.3 Å². The van der Waals surface area contributed by atoms with Gasteiger partial charge in [-0.2, -0.15) is 5.10 Å². The maximum atomic E-state index is 12.2. The number of amides is 1. The highest BCUT2D eigenvalue weighted by Crippen LogP contribution is 2.23. The monoisotopic (exact) mass is 402 g/mol. The lowest BCUT2D eigenvalue weighted by Crippen LogP contribution is -2.41. The van der Waals surface area contributed by atoms with Gasteiger partial charge in [-0.15, -0.1) is 0 Å². The molecule has 3 N–H and O–H groups in total. The van der Waals surface area contributed by atoms with Crippen LogP contribution in [0.4, 0.5) is 0 Å². The van der Waals surface area contributed by atoms with Crippen molar-refractivity contribution in [2.75, 3.05) is 7.11 Å². The Morgan fingerprint density at radius 2 is 1.92 bits per heavy atom. The molecular formula is C18H19BrN4O2. The van der Waals surface area contributed by atoms with Gasteiger partial charge in [0.25, 0.3) is 5.91 Å². The molecule has 2 aromatic rings. The molecule has 0 radical (unpaired) electrons. The van der Waals surface area contributed by atoms with E-state index in [2.05, 4.69) is 37.3 Å². The summed E-state index contributed by atoms with van der Waals surface area (Å²) < 4.78 is 6.13. The van der Waals surface area contributed by atoms with E-state index in [0.717, 1.165) is 21.3 Å². The fourth-order valence-corrected chi connectivity index (χ4v) is 2.84. The summed E-state index contributed by atoms with van der Waals surface area (Å²) in [5.74, 6) is 0.610. The van der Waals surface area contributed by atoms with Gasteiger partial charge in [0.05, 0.1) is 13.3 Å². The van der Waals surface area contributed by atoms with Gasteiger partial charge in [0.15, 0.2) is 0 Å². The van der Waals surface area contributed by atoms with Crippen LogP contribution in [0.15, 0.2) is 58.1 Å². The Bertz CT molecular complexity index is 747. The van der Waals surface area contributed by atoms with Crippen molar-refractivity contribution >= 4 is 28.1 Å². The minimum Gasteiger partial charge on any atom is -0.497 e. The summed E-state index contributed by atoms with van der Waals surface area (Å²) in [6, 6.07) is 15.2. The third-order valence-electron chi connectivity index (χ3n) is 4.00. The van der Waals surface area contributed by atoms with Crippen LogP contribution in [0, 0.1) is 0 Å². The molecule has 0 saturated carbocycles. The van der Waals surface area contributed by atoms with Gasteiger partial charge in [0.1, 0.15) is 11.8 Å². The SMILES string of the molecule is COc1ccc(/C=N/NC(=O)C2CC(c3ccc(Br)cc3)NN2)cc1. The van der Waals surface area contributed by atoms with Crippen molar-refractivity contribution in [3.05, 3.63) is 64.1 Å². The number of hydrazone groups is 1. The molecule has 0 bridgehead atoms. The number of nitrogens with one attached hydrogen (secondary N) is 3. The van der Waals surface area contributed by atoms with Gasteiger partial charge >= 0.3 is 0 Å². The lowest BCUT2D eigenvalue weighted by Gasteiger charge is -2.09. The van der Waals surface area contributed by atoms with E-state index in [1.54, 1.807) is 13.3 Å².